The second-order valence-corrected chi connectivity index (χ2v) is 5.61. The second-order valence-electron chi connectivity index (χ2n) is 5.61. The van der Waals surface area contributed by atoms with Gasteiger partial charge in [0.05, 0.1) is 0 Å². The molecule has 0 saturated carbocycles. The summed E-state index contributed by atoms with van der Waals surface area (Å²) in [5.74, 6) is 0.930. The Morgan fingerprint density at radius 3 is 2.59 bits per heavy atom. The molecular formula is C17H20N4O. The molecule has 5 nitrogen and oxygen atoms in total. The predicted octanol–water partition coefficient (Wildman–Crippen LogP) is 2.64. The maximum absolute atomic E-state index is 12.3. The molecule has 0 atom stereocenters. The summed E-state index contributed by atoms with van der Waals surface area (Å²) < 4.78 is 0. The van der Waals surface area contributed by atoms with E-state index in [0.717, 1.165) is 43.3 Å². The number of aromatic nitrogens is 2. The Balaban J connectivity index is 1.56. The van der Waals surface area contributed by atoms with Gasteiger partial charge < -0.3 is 10.2 Å². The van der Waals surface area contributed by atoms with Crippen molar-refractivity contribution in [2.75, 3.05) is 23.3 Å². The van der Waals surface area contributed by atoms with Crippen molar-refractivity contribution in [3.8, 4) is 0 Å². The minimum Gasteiger partial charge on any atom is -0.341 e. The quantitative estimate of drug-likeness (QED) is 0.946. The summed E-state index contributed by atoms with van der Waals surface area (Å²) in [5, 5.41) is 2.99. The molecule has 1 aromatic heterocycles. The summed E-state index contributed by atoms with van der Waals surface area (Å²) in [6, 6.07) is 11.5. The number of rotatable bonds is 3. The summed E-state index contributed by atoms with van der Waals surface area (Å²) in [5.41, 5.74) is 1.82. The molecule has 1 amide bonds. The highest BCUT2D eigenvalue weighted by atomic mass is 16.1. The molecule has 2 aromatic rings. The molecule has 2 heterocycles. The maximum Gasteiger partial charge on any atom is 0.227 e. The monoisotopic (exact) mass is 296 g/mol. The van der Waals surface area contributed by atoms with Gasteiger partial charge in [-0.05, 0) is 38.0 Å². The van der Waals surface area contributed by atoms with Crippen molar-refractivity contribution in [3.05, 3.63) is 48.3 Å². The molecule has 1 N–H and O–H groups in total. The van der Waals surface area contributed by atoms with Crippen LogP contribution < -0.4 is 10.2 Å². The average molecular weight is 296 g/mol. The standard InChI is InChI=1S/C17H20N4O/c1-13-7-10-18-17(19-13)21-11-8-14(9-12-21)16(22)20-15-5-3-2-4-6-15/h2-7,10,14H,8-9,11-12H2,1H3,(H,20,22). The van der Waals surface area contributed by atoms with Crippen molar-refractivity contribution in [3.63, 3.8) is 0 Å². The number of anilines is 2. The Morgan fingerprint density at radius 1 is 1.18 bits per heavy atom. The van der Waals surface area contributed by atoms with Gasteiger partial charge in [0.1, 0.15) is 0 Å². The van der Waals surface area contributed by atoms with Gasteiger partial charge in [-0.1, -0.05) is 18.2 Å². The first kappa shape index (κ1) is 14.5. The van der Waals surface area contributed by atoms with Crippen LogP contribution in [0.25, 0.3) is 0 Å². The van der Waals surface area contributed by atoms with Gasteiger partial charge in [-0.3, -0.25) is 4.79 Å². The SMILES string of the molecule is Cc1ccnc(N2CCC(C(=O)Nc3ccccc3)CC2)n1. The lowest BCUT2D eigenvalue weighted by Gasteiger charge is -2.31. The topological polar surface area (TPSA) is 58.1 Å². The van der Waals surface area contributed by atoms with E-state index in [2.05, 4.69) is 20.2 Å². The van der Waals surface area contributed by atoms with E-state index < -0.39 is 0 Å². The van der Waals surface area contributed by atoms with Crippen LogP contribution in [0.1, 0.15) is 18.5 Å². The van der Waals surface area contributed by atoms with Crippen LogP contribution in [0.5, 0.6) is 0 Å². The van der Waals surface area contributed by atoms with Crippen LogP contribution in [-0.2, 0) is 4.79 Å². The fourth-order valence-electron chi connectivity index (χ4n) is 2.70. The summed E-state index contributed by atoms with van der Waals surface area (Å²) in [6.45, 7) is 3.60. The van der Waals surface area contributed by atoms with E-state index in [-0.39, 0.29) is 11.8 Å². The van der Waals surface area contributed by atoms with E-state index in [0.29, 0.717) is 0 Å². The van der Waals surface area contributed by atoms with Crippen LogP contribution in [0.3, 0.4) is 0 Å². The van der Waals surface area contributed by atoms with E-state index in [9.17, 15) is 4.79 Å². The fraction of sp³-hybridized carbons (Fsp3) is 0.353. The normalized spacial score (nSPS) is 15.6. The molecule has 1 aliphatic heterocycles. The molecule has 1 aromatic carbocycles. The lowest BCUT2D eigenvalue weighted by molar-refractivity contribution is -0.120. The lowest BCUT2D eigenvalue weighted by atomic mass is 9.96. The first-order chi connectivity index (χ1) is 10.7. The molecule has 1 saturated heterocycles. The van der Waals surface area contributed by atoms with E-state index >= 15 is 0 Å². The van der Waals surface area contributed by atoms with Crippen molar-refractivity contribution < 1.29 is 4.79 Å². The molecule has 5 heteroatoms. The molecule has 1 fully saturated rings. The van der Waals surface area contributed by atoms with Crippen LogP contribution in [0.2, 0.25) is 0 Å². The third-order valence-corrected chi connectivity index (χ3v) is 3.97. The largest absolute Gasteiger partial charge is 0.341 e. The van der Waals surface area contributed by atoms with Crippen molar-refractivity contribution in [2.24, 2.45) is 5.92 Å². The van der Waals surface area contributed by atoms with Crippen molar-refractivity contribution >= 4 is 17.5 Å². The van der Waals surface area contributed by atoms with Gasteiger partial charge in [0.15, 0.2) is 0 Å². The molecule has 0 aliphatic carbocycles. The minimum absolute atomic E-state index is 0.0567. The van der Waals surface area contributed by atoms with Gasteiger partial charge in [0, 0.05) is 36.6 Å². The third-order valence-electron chi connectivity index (χ3n) is 3.97. The van der Waals surface area contributed by atoms with Gasteiger partial charge >= 0.3 is 0 Å². The van der Waals surface area contributed by atoms with E-state index in [1.807, 2.05) is 43.3 Å². The number of aryl methyl sites for hydroxylation is 1. The zero-order valence-electron chi connectivity index (χ0n) is 12.7. The molecular weight excluding hydrogens is 276 g/mol. The van der Waals surface area contributed by atoms with Gasteiger partial charge in [-0.2, -0.15) is 0 Å². The van der Waals surface area contributed by atoms with Gasteiger partial charge in [0.25, 0.3) is 0 Å². The van der Waals surface area contributed by atoms with Crippen molar-refractivity contribution in [2.45, 2.75) is 19.8 Å². The van der Waals surface area contributed by atoms with Crippen LogP contribution in [0.4, 0.5) is 11.6 Å². The zero-order valence-corrected chi connectivity index (χ0v) is 12.7. The van der Waals surface area contributed by atoms with Gasteiger partial charge in [-0.25, -0.2) is 9.97 Å². The minimum atomic E-state index is 0.0567. The van der Waals surface area contributed by atoms with Crippen LogP contribution >= 0.6 is 0 Å². The molecule has 1 aliphatic rings. The zero-order chi connectivity index (χ0) is 15.4. The fourth-order valence-corrected chi connectivity index (χ4v) is 2.70. The molecule has 0 bridgehead atoms. The van der Waals surface area contributed by atoms with E-state index in [1.165, 1.54) is 0 Å². The smallest absolute Gasteiger partial charge is 0.227 e. The summed E-state index contributed by atoms with van der Waals surface area (Å²) in [6.07, 6.45) is 3.44. The van der Waals surface area contributed by atoms with Crippen LogP contribution in [-0.4, -0.2) is 29.0 Å². The number of carbonyl (C=O) groups is 1. The molecule has 0 radical (unpaired) electrons. The Bertz CT molecular complexity index is 636. The summed E-state index contributed by atoms with van der Waals surface area (Å²) in [4.78, 5) is 23.2. The lowest BCUT2D eigenvalue weighted by Crippen LogP contribution is -2.39. The molecule has 114 valence electrons. The summed E-state index contributed by atoms with van der Waals surface area (Å²) >= 11 is 0. The van der Waals surface area contributed by atoms with Gasteiger partial charge in [-0.15, -0.1) is 0 Å². The molecule has 22 heavy (non-hydrogen) atoms. The highest BCUT2D eigenvalue weighted by molar-refractivity contribution is 5.92. The number of hydrogen-bond donors (Lipinski definition) is 1. The van der Waals surface area contributed by atoms with E-state index in [4.69, 9.17) is 0 Å². The number of benzene rings is 1. The second kappa shape index (κ2) is 6.56. The number of nitrogens with zero attached hydrogens (tertiary/aromatic N) is 3. The van der Waals surface area contributed by atoms with Crippen molar-refractivity contribution in [1.29, 1.82) is 0 Å². The molecule has 0 spiro atoms. The van der Waals surface area contributed by atoms with Crippen molar-refractivity contribution in [1.82, 2.24) is 9.97 Å². The van der Waals surface area contributed by atoms with E-state index in [1.54, 1.807) is 6.20 Å². The number of hydrogen-bond acceptors (Lipinski definition) is 4. The van der Waals surface area contributed by atoms with Crippen LogP contribution in [0, 0.1) is 12.8 Å². The number of amides is 1. The number of piperidine rings is 1. The average Bonchev–Trinajstić information content (AvgIpc) is 2.56. The number of carbonyl (C=O) groups excluding carboxylic acids is 1. The Kier molecular flexibility index (Phi) is 4.32. The Hall–Kier alpha value is -2.43. The first-order valence-electron chi connectivity index (χ1n) is 7.63. The first-order valence-corrected chi connectivity index (χ1v) is 7.63. The molecule has 0 unspecified atom stereocenters. The molecule has 3 rings (SSSR count). The number of para-hydroxylation sites is 1. The van der Waals surface area contributed by atoms with Crippen LogP contribution in [0.15, 0.2) is 42.6 Å². The highest BCUT2D eigenvalue weighted by Crippen LogP contribution is 2.22. The Morgan fingerprint density at radius 2 is 1.91 bits per heavy atom. The highest BCUT2D eigenvalue weighted by Gasteiger charge is 2.26. The maximum atomic E-state index is 12.3. The third kappa shape index (κ3) is 3.42. The summed E-state index contributed by atoms with van der Waals surface area (Å²) in [7, 11) is 0. The number of nitrogens with one attached hydrogen (secondary N) is 1. The Labute approximate surface area is 130 Å². The predicted molar refractivity (Wildman–Crippen MR) is 86.8 cm³/mol. The van der Waals surface area contributed by atoms with Gasteiger partial charge in [0.2, 0.25) is 11.9 Å².